The van der Waals surface area contributed by atoms with Crippen LogP contribution >= 0.6 is 23.4 Å². The second kappa shape index (κ2) is 9.71. The van der Waals surface area contributed by atoms with Gasteiger partial charge in [-0.15, -0.1) is 5.10 Å². The number of hydrogen-bond acceptors (Lipinski definition) is 5. The highest BCUT2D eigenvalue weighted by Gasteiger charge is 2.20. The van der Waals surface area contributed by atoms with Crippen LogP contribution in [0.5, 0.6) is 0 Å². The normalized spacial score (nSPS) is 13.1. The van der Waals surface area contributed by atoms with Gasteiger partial charge in [-0.1, -0.05) is 60.6 Å². The summed E-state index contributed by atoms with van der Waals surface area (Å²) in [6, 6.07) is 17.5. The second-order valence-corrected chi connectivity index (χ2v) is 8.12. The van der Waals surface area contributed by atoms with Crippen molar-refractivity contribution in [2.75, 3.05) is 6.54 Å². The molecule has 1 aromatic heterocycles. The molecular formula is C20H22ClN5OS. The molecule has 6 nitrogen and oxygen atoms in total. The van der Waals surface area contributed by atoms with E-state index in [1.54, 1.807) is 16.8 Å². The van der Waals surface area contributed by atoms with E-state index in [1.165, 1.54) is 17.3 Å². The lowest BCUT2D eigenvalue weighted by Crippen LogP contribution is -2.34. The van der Waals surface area contributed by atoms with Gasteiger partial charge in [-0.2, -0.15) is 4.68 Å². The van der Waals surface area contributed by atoms with Crippen LogP contribution in [0.4, 0.5) is 0 Å². The lowest BCUT2D eigenvalue weighted by molar-refractivity contribution is -0.120. The molecule has 0 saturated heterocycles. The molecule has 0 saturated carbocycles. The number of rotatable bonds is 8. The number of amides is 1. The summed E-state index contributed by atoms with van der Waals surface area (Å²) in [5.74, 6) is 0.256. The summed E-state index contributed by atoms with van der Waals surface area (Å²) in [5.41, 5.74) is 2.02. The molecule has 2 aromatic carbocycles. The molecule has 28 heavy (non-hydrogen) atoms. The van der Waals surface area contributed by atoms with Gasteiger partial charge in [0.25, 0.3) is 0 Å². The zero-order valence-electron chi connectivity index (χ0n) is 15.7. The molecule has 1 heterocycles. The third-order valence-electron chi connectivity index (χ3n) is 4.45. The fourth-order valence-electron chi connectivity index (χ4n) is 2.80. The van der Waals surface area contributed by atoms with E-state index in [-0.39, 0.29) is 11.2 Å². The molecular weight excluding hydrogens is 394 g/mol. The van der Waals surface area contributed by atoms with Crippen molar-refractivity contribution in [1.82, 2.24) is 25.5 Å². The SMILES string of the molecule is CC[C@H](CNC(=O)[C@@H](C)Sc1nnnn1-c1ccc(Cl)cc1)c1ccccc1. The summed E-state index contributed by atoms with van der Waals surface area (Å²) in [4.78, 5) is 12.6. The van der Waals surface area contributed by atoms with E-state index < -0.39 is 0 Å². The Kier molecular flexibility index (Phi) is 7.06. The topological polar surface area (TPSA) is 72.7 Å². The van der Waals surface area contributed by atoms with Crippen molar-refractivity contribution in [3.8, 4) is 5.69 Å². The molecule has 1 amide bonds. The Labute approximate surface area is 173 Å². The van der Waals surface area contributed by atoms with Crippen molar-refractivity contribution >= 4 is 29.3 Å². The van der Waals surface area contributed by atoms with Crippen LogP contribution in [0.3, 0.4) is 0 Å². The zero-order chi connectivity index (χ0) is 19.9. The fourth-order valence-corrected chi connectivity index (χ4v) is 3.76. The first-order valence-electron chi connectivity index (χ1n) is 9.12. The summed E-state index contributed by atoms with van der Waals surface area (Å²) in [6.45, 7) is 4.58. The van der Waals surface area contributed by atoms with Crippen molar-refractivity contribution in [3.05, 3.63) is 65.2 Å². The third kappa shape index (κ3) is 5.11. The van der Waals surface area contributed by atoms with E-state index in [9.17, 15) is 4.79 Å². The summed E-state index contributed by atoms with van der Waals surface area (Å²) in [6.07, 6.45) is 0.959. The minimum absolute atomic E-state index is 0.0370. The van der Waals surface area contributed by atoms with Crippen LogP contribution in [0.25, 0.3) is 5.69 Å². The maximum Gasteiger partial charge on any atom is 0.233 e. The highest BCUT2D eigenvalue weighted by Crippen LogP contribution is 2.24. The Morgan fingerprint density at radius 2 is 1.89 bits per heavy atom. The monoisotopic (exact) mass is 415 g/mol. The standard InChI is InChI=1S/C20H22ClN5OS/c1-3-15(16-7-5-4-6-8-16)13-22-19(27)14(2)28-20-23-24-25-26(20)18-11-9-17(21)10-12-18/h4-12,14-15H,3,13H2,1-2H3,(H,22,27)/t14-,15-/m1/s1. The number of nitrogens with zero attached hydrogens (tertiary/aromatic N) is 4. The first-order valence-corrected chi connectivity index (χ1v) is 10.4. The molecule has 0 aliphatic carbocycles. The molecule has 0 spiro atoms. The molecule has 3 rings (SSSR count). The number of thioether (sulfide) groups is 1. The van der Waals surface area contributed by atoms with Crippen LogP contribution in [0, 0.1) is 0 Å². The first kappa shape index (κ1) is 20.4. The molecule has 8 heteroatoms. The minimum atomic E-state index is -0.328. The van der Waals surface area contributed by atoms with Crippen molar-refractivity contribution in [1.29, 1.82) is 0 Å². The molecule has 0 aliphatic heterocycles. The predicted molar refractivity (Wildman–Crippen MR) is 112 cm³/mol. The maximum absolute atomic E-state index is 12.6. The van der Waals surface area contributed by atoms with E-state index in [4.69, 9.17) is 11.6 Å². The summed E-state index contributed by atoms with van der Waals surface area (Å²) in [7, 11) is 0. The largest absolute Gasteiger partial charge is 0.355 e. The van der Waals surface area contributed by atoms with Crippen molar-refractivity contribution in [2.45, 2.75) is 36.6 Å². The molecule has 0 aliphatic rings. The Balaban J connectivity index is 1.60. The van der Waals surface area contributed by atoms with Crippen molar-refractivity contribution < 1.29 is 4.79 Å². The van der Waals surface area contributed by atoms with Crippen LogP contribution in [0.2, 0.25) is 5.02 Å². The van der Waals surface area contributed by atoms with E-state index in [0.717, 1.165) is 12.1 Å². The van der Waals surface area contributed by atoms with Gasteiger partial charge in [0.15, 0.2) is 0 Å². The van der Waals surface area contributed by atoms with Crippen LogP contribution in [-0.4, -0.2) is 37.9 Å². The van der Waals surface area contributed by atoms with Gasteiger partial charge < -0.3 is 5.32 Å². The van der Waals surface area contributed by atoms with Gasteiger partial charge in [-0.25, -0.2) is 0 Å². The molecule has 1 N–H and O–H groups in total. The van der Waals surface area contributed by atoms with E-state index in [0.29, 0.717) is 22.6 Å². The summed E-state index contributed by atoms with van der Waals surface area (Å²) >= 11 is 7.26. The van der Waals surface area contributed by atoms with Gasteiger partial charge in [0.1, 0.15) is 0 Å². The minimum Gasteiger partial charge on any atom is -0.355 e. The van der Waals surface area contributed by atoms with Gasteiger partial charge >= 0.3 is 0 Å². The van der Waals surface area contributed by atoms with Crippen LogP contribution in [0.1, 0.15) is 31.7 Å². The predicted octanol–water partition coefficient (Wildman–Crippen LogP) is 4.11. The van der Waals surface area contributed by atoms with Crippen molar-refractivity contribution in [2.24, 2.45) is 0 Å². The first-order chi connectivity index (χ1) is 13.6. The maximum atomic E-state index is 12.6. The molecule has 2 atom stereocenters. The quantitative estimate of drug-likeness (QED) is 0.560. The number of carbonyl (C=O) groups excluding carboxylic acids is 1. The average molecular weight is 416 g/mol. The number of carbonyl (C=O) groups is 1. The fraction of sp³-hybridized carbons (Fsp3) is 0.300. The molecule has 0 radical (unpaired) electrons. The average Bonchev–Trinajstić information content (AvgIpc) is 3.17. The van der Waals surface area contributed by atoms with Gasteiger partial charge in [-0.3, -0.25) is 4.79 Å². The van der Waals surface area contributed by atoms with Gasteiger partial charge in [-0.05, 0) is 53.6 Å². The Morgan fingerprint density at radius 3 is 2.57 bits per heavy atom. The van der Waals surface area contributed by atoms with E-state index in [2.05, 4.69) is 39.9 Å². The van der Waals surface area contributed by atoms with Crippen LogP contribution in [-0.2, 0) is 4.79 Å². The van der Waals surface area contributed by atoms with E-state index in [1.807, 2.05) is 37.3 Å². The Morgan fingerprint density at radius 1 is 1.18 bits per heavy atom. The van der Waals surface area contributed by atoms with Crippen LogP contribution in [0.15, 0.2) is 59.8 Å². The number of benzene rings is 2. The highest BCUT2D eigenvalue weighted by molar-refractivity contribution is 8.00. The molecule has 0 fully saturated rings. The smallest absolute Gasteiger partial charge is 0.233 e. The molecule has 3 aromatic rings. The van der Waals surface area contributed by atoms with E-state index >= 15 is 0 Å². The second-order valence-electron chi connectivity index (χ2n) is 6.37. The highest BCUT2D eigenvalue weighted by atomic mass is 35.5. The zero-order valence-corrected chi connectivity index (χ0v) is 17.3. The molecule has 0 unspecified atom stereocenters. The van der Waals surface area contributed by atoms with Crippen LogP contribution < -0.4 is 5.32 Å². The number of halogens is 1. The molecule has 0 bridgehead atoms. The number of tetrazole rings is 1. The third-order valence-corrected chi connectivity index (χ3v) is 5.73. The molecule has 146 valence electrons. The number of hydrogen-bond donors (Lipinski definition) is 1. The lowest BCUT2D eigenvalue weighted by Gasteiger charge is -2.18. The summed E-state index contributed by atoms with van der Waals surface area (Å²) < 4.78 is 1.60. The van der Waals surface area contributed by atoms with Gasteiger partial charge in [0.2, 0.25) is 11.1 Å². The Hall–Kier alpha value is -2.38. The van der Waals surface area contributed by atoms with Crippen molar-refractivity contribution in [3.63, 3.8) is 0 Å². The Bertz CT molecular complexity index is 900. The summed E-state index contributed by atoms with van der Waals surface area (Å²) in [5, 5.41) is 15.7. The van der Waals surface area contributed by atoms with Gasteiger partial charge in [0, 0.05) is 17.5 Å². The number of nitrogens with one attached hydrogen (secondary N) is 1. The van der Waals surface area contributed by atoms with Gasteiger partial charge in [0.05, 0.1) is 10.9 Å². The lowest BCUT2D eigenvalue weighted by atomic mass is 9.96. The number of aromatic nitrogens is 4.